The van der Waals surface area contributed by atoms with Crippen LogP contribution in [0.4, 0.5) is 0 Å². The summed E-state index contributed by atoms with van der Waals surface area (Å²) >= 11 is 1.40. The third-order valence-corrected chi connectivity index (χ3v) is 4.52. The van der Waals surface area contributed by atoms with E-state index in [9.17, 15) is 10.1 Å². The highest BCUT2D eigenvalue weighted by atomic mass is 32.2. The molecule has 1 atom stereocenters. The second-order valence-corrected chi connectivity index (χ2v) is 5.90. The van der Waals surface area contributed by atoms with Gasteiger partial charge in [-0.3, -0.25) is 4.79 Å². The molecule has 1 amide bonds. The average molecular weight is 330 g/mol. The zero-order valence-corrected chi connectivity index (χ0v) is 13.9. The van der Waals surface area contributed by atoms with Gasteiger partial charge < -0.3 is 14.8 Å². The average Bonchev–Trinajstić information content (AvgIpc) is 2.58. The molecule has 23 heavy (non-hydrogen) atoms. The van der Waals surface area contributed by atoms with E-state index in [0.717, 1.165) is 5.56 Å². The summed E-state index contributed by atoms with van der Waals surface area (Å²) in [4.78, 5) is 12.0. The van der Waals surface area contributed by atoms with Gasteiger partial charge in [0.25, 0.3) is 0 Å². The number of nitrogens with one attached hydrogen (secondary N) is 1. The summed E-state index contributed by atoms with van der Waals surface area (Å²) in [5.41, 5.74) is 1.41. The van der Waals surface area contributed by atoms with E-state index < -0.39 is 0 Å². The lowest BCUT2D eigenvalue weighted by atomic mass is 9.87. The van der Waals surface area contributed by atoms with E-state index in [2.05, 4.69) is 18.0 Å². The Balaban J connectivity index is 2.45. The largest absolute Gasteiger partial charge is 0.493 e. The third kappa shape index (κ3) is 3.69. The fourth-order valence-corrected chi connectivity index (χ4v) is 3.24. The minimum atomic E-state index is -0.291. The number of rotatable bonds is 6. The van der Waals surface area contributed by atoms with Crippen LogP contribution in [0.3, 0.4) is 0 Å². The van der Waals surface area contributed by atoms with Crippen molar-refractivity contribution in [1.29, 1.82) is 5.26 Å². The second kappa shape index (κ2) is 7.75. The molecule has 1 N–H and O–H groups in total. The van der Waals surface area contributed by atoms with E-state index in [4.69, 9.17) is 9.47 Å². The van der Waals surface area contributed by atoms with Crippen LogP contribution in [0, 0.1) is 11.3 Å². The van der Waals surface area contributed by atoms with E-state index >= 15 is 0 Å². The van der Waals surface area contributed by atoms with Crippen molar-refractivity contribution in [3.63, 3.8) is 0 Å². The van der Waals surface area contributed by atoms with Gasteiger partial charge in [-0.2, -0.15) is 5.26 Å². The van der Waals surface area contributed by atoms with E-state index in [1.165, 1.54) is 11.8 Å². The van der Waals surface area contributed by atoms with Crippen LogP contribution in [-0.2, 0) is 4.79 Å². The molecule has 120 valence electrons. The van der Waals surface area contributed by atoms with Crippen LogP contribution < -0.4 is 14.8 Å². The molecule has 0 bridgehead atoms. The van der Waals surface area contributed by atoms with Crippen molar-refractivity contribution in [2.45, 2.75) is 12.3 Å². The summed E-state index contributed by atoms with van der Waals surface area (Å²) in [7, 11) is 3.12. The number of hydrogen-bond acceptors (Lipinski definition) is 5. The number of carbonyl (C=O) groups excluding carboxylic acids is 1. The maximum atomic E-state index is 12.0. The smallest absolute Gasteiger partial charge is 0.225 e. The molecule has 0 unspecified atom stereocenters. The Morgan fingerprint density at radius 2 is 2.17 bits per heavy atom. The van der Waals surface area contributed by atoms with E-state index in [0.29, 0.717) is 27.9 Å². The predicted octanol–water partition coefficient (Wildman–Crippen LogP) is 2.96. The van der Waals surface area contributed by atoms with Gasteiger partial charge in [0.05, 0.1) is 30.9 Å². The minimum Gasteiger partial charge on any atom is -0.493 e. The van der Waals surface area contributed by atoms with Gasteiger partial charge in [-0.05, 0) is 17.7 Å². The molecule has 6 heteroatoms. The van der Waals surface area contributed by atoms with Crippen LogP contribution in [0.25, 0.3) is 0 Å². The number of hydrogen-bond donors (Lipinski definition) is 1. The minimum absolute atomic E-state index is 0.102. The number of nitriles is 1. The number of allylic oxidation sites excluding steroid dienone is 1. The molecular formula is C17H18N2O3S. The van der Waals surface area contributed by atoms with Gasteiger partial charge in [0.1, 0.15) is 0 Å². The van der Waals surface area contributed by atoms with Crippen LogP contribution >= 0.6 is 11.8 Å². The van der Waals surface area contributed by atoms with Crippen molar-refractivity contribution in [1.82, 2.24) is 5.32 Å². The molecule has 5 nitrogen and oxygen atoms in total. The zero-order valence-electron chi connectivity index (χ0n) is 13.1. The fourth-order valence-electron chi connectivity index (χ4n) is 2.43. The van der Waals surface area contributed by atoms with Crippen molar-refractivity contribution in [3.05, 3.63) is 47.0 Å². The lowest BCUT2D eigenvalue weighted by Crippen LogP contribution is -2.30. The number of benzene rings is 1. The van der Waals surface area contributed by atoms with E-state index in [1.807, 2.05) is 12.1 Å². The molecule has 2 rings (SSSR count). The van der Waals surface area contributed by atoms with Crippen molar-refractivity contribution >= 4 is 17.7 Å². The van der Waals surface area contributed by atoms with Gasteiger partial charge >= 0.3 is 0 Å². The Hall–Kier alpha value is -2.39. The lowest BCUT2D eigenvalue weighted by molar-refractivity contribution is -0.120. The molecule has 0 aliphatic carbocycles. The number of thioether (sulfide) groups is 1. The lowest BCUT2D eigenvalue weighted by Gasteiger charge is -2.25. The fraction of sp³-hybridized carbons (Fsp3) is 0.294. The van der Waals surface area contributed by atoms with Gasteiger partial charge in [0, 0.05) is 18.1 Å². The Kier molecular flexibility index (Phi) is 5.72. The van der Waals surface area contributed by atoms with Crippen LogP contribution in [0.2, 0.25) is 0 Å². The first-order valence-electron chi connectivity index (χ1n) is 7.04. The Morgan fingerprint density at radius 3 is 2.78 bits per heavy atom. The summed E-state index contributed by atoms with van der Waals surface area (Å²) in [5.74, 6) is 1.42. The molecule has 1 heterocycles. The van der Waals surface area contributed by atoms with Crippen molar-refractivity contribution in [2.24, 2.45) is 0 Å². The molecule has 1 aliphatic rings. The number of ether oxygens (including phenoxy) is 2. The van der Waals surface area contributed by atoms with Crippen LogP contribution in [-0.4, -0.2) is 25.9 Å². The standard InChI is InChI=1S/C17H18N2O3S/c1-4-7-23-17-13(10-18)12(9-16(20)19-17)11-5-6-14(21-2)15(8-11)22-3/h4-6,8,12H,1,7,9H2,2-3H3,(H,19,20)/t12-/m0/s1. The van der Waals surface area contributed by atoms with Crippen LogP contribution in [0.1, 0.15) is 17.9 Å². The molecule has 0 saturated heterocycles. The highest BCUT2D eigenvalue weighted by Crippen LogP contribution is 2.39. The molecule has 0 radical (unpaired) electrons. The Morgan fingerprint density at radius 1 is 1.43 bits per heavy atom. The van der Waals surface area contributed by atoms with Crippen molar-refractivity contribution in [3.8, 4) is 17.6 Å². The predicted molar refractivity (Wildman–Crippen MR) is 90.3 cm³/mol. The SMILES string of the molecule is C=CCSC1=C(C#N)[C@H](c2ccc(OC)c(OC)c2)CC(=O)N1. The highest BCUT2D eigenvalue weighted by molar-refractivity contribution is 8.03. The number of amides is 1. The molecule has 1 aliphatic heterocycles. The van der Waals surface area contributed by atoms with Gasteiger partial charge in [-0.25, -0.2) is 0 Å². The maximum Gasteiger partial charge on any atom is 0.225 e. The van der Waals surface area contributed by atoms with Gasteiger partial charge in [0.2, 0.25) is 5.91 Å². The first-order chi connectivity index (χ1) is 11.1. The summed E-state index contributed by atoms with van der Waals surface area (Å²) in [5, 5.41) is 12.9. The number of nitrogens with zero attached hydrogens (tertiary/aromatic N) is 1. The summed E-state index contributed by atoms with van der Waals surface area (Å²) in [6.07, 6.45) is 1.97. The Labute approximate surface area is 140 Å². The molecule has 0 aromatic heterocycles. The van der Waals surface area contributed by atoms with E-state index in [-0.39, 0.29) is 18.2 Å². The Bertz CT molecular complexity index is 692. The third-order valence-electron chi connectivity index (χ3n) is 3.51. The van der Waals surface area contributed by atoms with E-state index in [1.54, 1.807) is 26.4 Å². The first-order valence-corrected chi connectivity index (χ1v) is 8.02. The maximum absolute atomic E-state index is 12.0. The van der Waals surface area contributed by atoms with Crippen LogP contribution in [0.15, 0.2) is 41.5 Å². The number of methoxy groups -OCH3 is 2. The van der Waals surface area contributed by atoms with Gasteiger partial charge in [0.15, 0.2) is 11.5 Å². The molecule has 0 saturated carbocycles. The highest BCUT2D eigenvalue weighted by Gasteiger charge is 2.30. The number of carbonyl (C=O) groups is 1. The second-order valence-electron chi connectivity index (χ2n) is 4.87. The topological polar surface area (TPSA) is 71.3 Å². The summed E-state index contributed by atoms with van der Waals surface area (Å²) in [6, 6.07) is 7.69. The van der Waals surface area contributed by atoms with Crippen molar-refractivity contribution < 1.29 is 14.3 Å². The zero-order chi connectivity index (χ0) is 16.8. The van der Waals surface area contributed by atoms with Crippen LogP contribution in [0.5, 0.6) is 11.5 Å². The summed E-state index contributed by atoms with van der Waals surface area (Å²) in [6.45, 7) is 3.66. The summed E-state index contributed by atoms with van der Waals surface area (Å²) < 4.78 is 10.5. The molecule has 0 spiro atoms. The normalized spacial score (nSPS) is 17.3. The first kappa shape index (κ1) is 17.0. The van der Waals surface area contributed by atoms with Gasteiger partial charge in [-0.1, -0.05) is 12.1 Å². The monoisotopic (exact) mass is 330 g/mol. The molecule has 1 aromatic rings. The molecular weight excluding hydrogens is 312 g/mol. The molecule has 1 aromatic carbocycles. The van der Waals surface area contributed by atoms with Crippen molar-refractivity contribution in [2.75, 3.05) is 20.0 Å². The quantitative estimate of drug-likeness (QED) is 0.812. The van der Waals surface area contributed by atoms with Gasteiger partial charge in [-0.15, -0.1) is 18.3 Å². The molecule has 0 fully saturated rings.